The summed E-state index contributed by atoms with van der Waals surface area (Å²) >= 11 is 0. The summed E-state index contributed by atoms with van der Waals surface area (Å²) in [5, 5.41) is 3.01. The van der Waals surface area contributed by atoms with E-state index in [-0.39, 0.29) is 23.1 Å². The van der Waals surface area contributed by atoms with Gasteiger partial charge < -0.3 is 16.0 Å². The largest absolute Gasteiger partial charge is 0.352 e. The molecule has 1 aliphatic carbocycles. The minimum absolute atomic E-state index is 0.0418. The monoisotopic (exact) mass is 343 g/mol. The Morgan fingerprint density at radius 2 is 1.92 bits per heavy atom. The van der Waals surface area contributed by atoms with Crippen LogP contribution in [0.15, 0.2) is 24.3 Å². The Hall–Kier alpha value is -1.88. The fourth-order valence-corrected chi connectivity index (χ4v) is 3.83. The first-order valence-corrected chi connectivity index (χ1v) is 9.37. The van der Waals surface area contributed by atoms with Crippen LogP contribution in [0, 0.1) is 11.3 Å². The summed E-state index contributed by atoms with van der Waals surface area (Å²) in [6.07, 6.45) is 5.30. The number of amides is 2. The van der Waals surface area contributed by atoms with Gasteiger partial charge in [-0.2, -0.15) is 0 Å². The topological polar surface area (TPSA) is 75.4 Å². The van der Waals surface area contributed by atoms with Gasteiger partial charge in [0.25, 0.3) is 5.91 Å². The minimum Gasteiger partial charge on any atom is -0.352 e. The Bertz CT molecular complexity index is 622. The van der Waals surface area contributed by atoms with Crippen LogP contribution in [-0.2, 0) is 11.3 Å². The summed E-state index contributed by atoms with van der Waals surface area (Å²) in [7, 11) is 0. The van der Waals surface area contributed by atoms with E-state index in [2.05, 4.69) is 12.2 Å². The lowest BCUT2D eigenvalue weighted by molar-refractivity contribution is -0.124. The number of carbonyl (C=O) groups is 2. The Labute approximate surface area is 150 Å². The van der Waals surface area contributed by atoms with Gasteiger partial charge in [-0.15, -0.1) is 0 Å². The second-order valence-electron chi connectivity index (χ2n) is 7.89. The lowest BCUT2D eigenvalue weighted by Gasteiger charge is -2.22. The summed E-state index contributed by atoms with van der Waals surface area (Å²) in [6.45, 7) is 4.76. The molecule has 0 radical (unpaired) electrons. The van der Waals surface area contributed by atoms with E-state index >= 15 is 0 Å². The van der Waals surface area contributed by atoms with Crippen LogP contribution in [0.4, 0.5) is 0 Å². The molecule has 1 saturated heterocycles. The van der Waals surface area contributed by atoms with Crippen molar-refractivity contribution in [3.63, 3.8) is 0 Å². The number of rotatable bonds is 5. The average Bonchev–Trinajstić information content (AvgIpc) is 3.30. The van der Waals surface area contributed by atoms with Crippen molar-refractivity contribution in [1.82, 2.24) is 10.2 Å². The maximum Gasteiger partial charge on any atom is 0.253 e. The van der Waals surface area contributed by atoms with Gasteiger partial charge in [-0.05, 0) is 48.9 Å². The molecule has 2 aliphatic rings. The van der Waals surface area contributed by atoms with Crippen molar-refractivity contribution in [3.8, 4) is 0 Å². The van der Waals surface area contributed by atoms with Gasteiger partial charge in [0, 0.05) is 31.1 Å². The molecule has 0 spiro atoms. The molecule has 2 amide bonds. The molecule has 1 aliphatic heterocycles. The second kappa shape index (κ2) is 7.56. The zero-order valence-corrected chi connectivity index (χ0v) is 15.1. The highest BCUT2D eigenvalue weighted by Crippen LogP contribution is 2.29. The van der Waals surface area contributed by atoms with Crippen LogP contribution in [-0.4, -0.2) is 36.3 Å². The molecule has 1 aromatic rings. The number of hydrogen-bond acceptors (Lipinski definition) is 3. The van der Waals surface area contributed by atoms with E-state index in [0.717, 1.165) is 50.8 Å². The van der Waals surface area contributed by atoms with E-state index < -0.39 is 0 Å². The fraction of sp³-hybridized carbons (Fsp3) is 0.600. The van der Waals surface area contributed by atoms with E-state index in [1.54, 1.807) is 0 Å². The minimum atomic E-state index is 0.0418. The predicted octanol–water partition coefficient (Wildman–Crippen LogP) is 2.30. The summed E-state index contributed by atoms with van der Waals surface area (Å²) in [6, 6.07) is 7.58. The lowest BCUT2D eigenvalue weighted by atomic mass is 9.90. The van der Waals surface area contributed by atoms with Gasteiger partial charge in [0.1, 0.15) is 0 Å². The molecular weight excluding hydrogens is 314 g/mol. The SMILES string of the molecule is CC1(CN)CCN(C(=O)c2ccc(CNC(=O)C3CCCC3)cc2)C1. The molecule has 1 unspecified atom stereocenters. The molecule has 136 valence electrons. The fourth-order valence-electron chi connectivity index (χ4n) is 3.83. The van der Waals surface area contributed by atoms with Crippen molar-refractivity contribution in [2.24, 2.45) is 17.1 Å². The lowest BCUT2D eigenvalue weighted by Crippen LogP contribution is -2.34. The summed E-state index contributed by atoms with van der Waals surface area (Å²) < 4.78 is 0. The molecule has 0 aromatic heterocycles. The second-order valence-corrected chi connectivity index (χ2v) is 7.89. The summed E-state index contributed by atoms with van der Waals surface area (Å²) in [5.74, 6) is 0.419. The van der Waals surface area contributed by atoms with Gasteiger partial charge in [-0.1, -0.05) is 31.9 Å². The van der Waals surface area contributed by atoms with Gasteiger partial charge in [0.2, 0.25) is 5.91 Å². The molecule has 0 bridgehead atoms. The smallest absolute Gasteiger partial charge is 0.253 e. The highest BCUT2D eigenvalue weighted by Gasteiger charge is 2.35. The van der Waals surface area contributed by atoms with Crippen LogP contribution < -0.4 is 11.1 Å². The molecule has 1 aromatic carbocycles. The summed E-state index contributed by atoms with van der Waals surface area (Å²) in [4.78, 5) is 26.6. The molecule has 3 N–H and O–H groups in total. The molecule has 1 atom stereocenters. The normalized spacial score (nSPS) is 23.8. The highest BCUT2D eigenvalue weighted by molar-refractivity contribution is 5.94. The van der Waals surface area contributed by atoms with Gasteiger partial charge >= 0.3 is 0 Å². The number of nitrogens with two attached hydrogens (primary N) is 1. The van der Waals surface area contributed by atoms with Crippen LogP contribution in [0.3, 0.4) is 0 Å². The average molecular weight is 343 g/mol. The molecular formula is C20H29N3O2. The van der Waals surface area contributed by atoms with E-state index in [1.165, 1.54) is 0 Å². The first-order valence-electron chi connectivity index (χ1n) is 9.37. The number of hydrogen-bond donors (Lipinski definition) is 2. The van der Waals surface area contributed by atoms with Crippen molar-refractivity contribution in [2.45, 2.75) is 45.6 Å². The van der Waals surface area contributed by atoms with E-state index in [4.69, 9.17) is 5.73 Å². The molecule has 3 rings (SSSR count). The van der Waals surface area contributed by atoms with Gasteiger partial charge in [-0.25, -0.2) is 0 Å². The third kappa shape index (κ3) is 4.21. The number of benzene rings is 1. The van der Waals surface area contributed by atoms with E-state index in [9.17, 15) is 9.59 Å². The Morgan fingerprint density at radius 3 is 2.52 bits per heavy atom. The van der Waals surface area contributed by atoms with Gasteiger partial charge in [-0.3, -0.25) is 9.59 Å². The zero-order valence-electron chi connectivity index (χ0n) is 15.1. The van der Waals surface area contributed by atoms with Crippen molar-refractivity contribution < 1.29 is 9.59 Å². The van der Waals surface area contributed by atoms with Crippen LogP contribution in [0.2, 0.25) is 0 Å². The zero-order chi connectivity index (χ0) is 17.9. The maximum atomic E-state index is 12.6. The van der Waals surface area contributed by atoms with E-state index in [1.807, 2.05) is 29.2 Å². The molecule has 1 saturated carbocycles. The first-order chi connectivity index (χ1) is 12.0. The van der Waals surface area contributed by atoms with E-state index in [0.29, 0.717) is 18.7 Å². The van der Waals surface area contributed by atoms with Crippen molar-refractivity contribution in [3.05, 3.63) is 35.4 Å². The summed E-state index contributed by atoms with van der Waals surface area (Å²) in [5.41, 5.74) is 7.59. The Kier molecular flexibility index (Phi) is 5.42. The van der Waals surface area contributed by atoms with Gasteiger partial charge in [0.15, 0.2) is 0 Å². The Morgan fingerprint density at radius 1 is 1.24 bits per heavy atom. The van der Waals surface area contributed by atoms with Crippen molar-refractivity contribution in [2.75, 3.05) is 19.6 Å². The molecule has 2 fully saturated rings. The molecule has 25 heavy (non-hydrogen) atoms. The molecule has 5 heteroatoms. The van der Waals surface area contributed by atoms with Crippen molar-refractivity contribution >= 4 is 11.8 Å². The highest BCUT2D eigenvalue weighted by atomic mass is 16.2. The Balaban J connectivity index is 1.53. The van der Waals surface area contributed by atoms with Crippen molar-refractivity contribution in [1.29, 1.82) is 0 Å². The number of nitrogens with one attached hydrogen (secondary N) is 1. The van der Waals surface area contributed by atoms with Crippen LogP contribution in [0.1, 0.15) is 54.9 Å². The quantitative estimate of drug-likeness (QED) is 0.861. The van der Waals surface area contributed by atoms with Gasteiger partial charge in [0.05, 0.1) is 0 Å². The standard InChI is InChI=1S/C20H29N3O2/c1-20(13-21)10-11-23(14-20)19(25)17-8-6-15(7-9-17)12-22-18(24)16-4-2-3-5-16/h6-9,16H,2-5,10-14,21H2,1H3,(H,22,24). The van der Waals surface area contributed by atoms with Crippen LogP contribution in [0.5, 0.6) is 0 Å². The third-order valence-corrected chi connectivity index (χ3v) is 5.73. The predicted molar refractivity (Wildman–Crippen MR) is 97.9 cm³/mol. The third-order valence-electron chi connectivity index (χ3n) is 5.73. The molecule has 1 heterocycles. The van der Waals surface area contributed by atoms with Crippen LogP contribution in [0.25, 0.3) is 0 Å². The molecule has 5 nitrogen and oxygen atoms in total. The first kappa shape index (κ1) is 17.9. The number of carbonyl (C=O) groups excluding carboxylic acids is 2. The number of likely N-dealkylation sites (tertiary alicyclic amines) is 1. The maximum absolute atomic E-state index is 12.6. The number of nitrogens with zero attached hydrogens (tertiary/aromatic N) is 1. The van der Waals surface area contributed by atoms with Crippen LogP contribution >= 0.6 is 0 Å².